The maximum Gasteiger partial charge on any atom is 0.273 e. The van der Waals surface area contributed by atoms with Crippen LogP contribution < -0.4 is 10.6 Å². The van der Waals surface area contributed by atoms with Crippen LogP contribution in [-0.2, 0) is 6.54 Å². The highest BCUT2D eigenvalue weighted by Crippen LogP contribution is 2.39. The Morgan fingerprint density at radius 1 is 1.07 bits per heavy atom. The molecular weight excluding hydrogens is 366 g/mol. The highest BCUT2D eigenvalue weighted by atomic mass is 16.2. The first-order valence-corrected chi connectivity index (χ1v) is 9.76. The Bertz CT molecular complexity index is 1050. The van der Waals surface area contributed by atoms with Crippen molar-refractivity contribution in [2.75, 3.05) is 10.6 Å². The van der Waals surface area contributed by atoms with Crippen LogP contribution in [0, 0.1) is 6.92 Å². The van der Waals surface area contributed by atoms with Gasteiger partial charge in [0.1, 0.15) is 5.69 Å². The van der Waals surface area contributed by atoms with Gasteiger partial charge in [-0.1, -0.05) is 6.07 Å². The van der Waals surface area contributed by atoms with E-state index in [2.05, 4.69) is 20.7 Å². The predicted molar refractivity (Wildman–Crippen MR) is 111 cm³/mol. The number of hydrogen-bond donors (Lipinski definition) is 2. The molecule has 0 aliphatic heterocycles. The number of rotatable bonds is 6. The minimum Gasteiger partial charge on any atom is -0.322 e. The van der Waals surface area contributed by atoms with Gasteiger partial charge in [0.15, 0.2) is 0 Å². The Morgan fingerprint density at radius 2 is 1.83 bits per heavy atom. The first-order chi connectivity index (χ1) is 14.0. The van der Waals surface area contributed by atoms with Crippen molar-refractivity contribution in [2.45, 2.75) is 39.2 Å². The number of carbonyl (C=O) groups excluding carboxylic acids is 2. The number of anilines is 2. The van der Waals surface area contributed by atoms with Crippen LogP contribution >= 0.6 is 0 Å². The third kappa shape index (κ3) is 4.18. The van der Waals surface area contributed by atoms with Gasteiger partial charge in [-0.25, -0.2) is 0 Å². The number of hydrogen-bond acceptors (Lipinski definition) is 4. The highest BCUT2D eigenvalue weighted by Gasteiger charge is 2.28. The molecule has 0 bridgehead atoms. The van der Waals surface area contributed by atoms with Crippen molar-refractivity contribution in [3.05, 3.63) is 71.3 Å². The third-order valence-corrected chi connectivity index (χ3v) is 5.01. The molecule has 7 nitrogen and oxygen atoms in total. The summed E-state index contributed by atoms with van der Waals surface area (Å²) in [7, 11) is 0. The van der Waals surface area contributed by atoms with Crippen molar-refractivity contribution in [2.24, 2.45) is 0 Å². The molecule has 2 N–H and O–H groups in total. The number of carbonyl (C=O) groups is 2. The Balaban J connectivity index is 1.51. The SMILES string of the molecule is CCn1nc(C2CC2)cc1C(=O)Nc1ccc(C)c(NC(=O)c2ccncc2)c1. The number of nitrogens with zero attached hydrogens (tertiary/aromatic N) is 3. The molecule has 1 aliphatic carbocycles. The van der Waals surface area contributed by atoms with E-state index >= 15 is 0 Å². The van der Waals surface area contributed by atoms with E-state index in [1.807, 2.05) is 32.0 Å². The van der Waals surface area contributed by atoms with Crippen LogP contribution in [0.15, 0.2) is 48.8 Å². The van der Waals surface area contributed by atoms with E-state index in [1.54, 1.807) is 35.3 Å². The third-order valence-electron chi connectivity index (χ3n) is 5.01. The standard InChI is InChI=1S/C22H23N5O2/c1-3-27-20(13-19(26-27)15-5-6-15)22(29)24-17-7-4-14(2)18(12-17)25-21(28)16-8-10-23-11-9-16/h4,7-13,15H,3,5-6H2,1-2H3,(H,24,29)(H,25,28). The van der Waals surface area contributed by atoms with Gasteiger partial charge in [-0.15, -0.1) is 0 Å². The zero-order valence-electron chi connectivity index (χ0n) is 16.5. The molecular formula is C22H23N5O2. The van der Waals surface area contributed by atoms with E-state index in [0.29, 0.717) is 35.1 Å². The summed E-state index contributed by atoms with van der Waals surface area (Å²) in [6, 6.07) is 10.6. The van der Waals surface area contributed by atoms with E-state index in [9.17, 15) is 9.59 Å². The van der Waals surface area contributed by atoms with Gasteiger partial charge in [0.2, 0.25) is 0 Å². The van der Waals surface area contributed by atoms with Crippen LogP contribution in [0.1, 0.15) is 57.8 Å². The molecule has 0 radical (unpaired) electrons. The average molecular weight is 389 g/mol. The smallest absolute Gasteiger partial charge is 0.273 e. The second-order valence-electron chi connectivity index (χ2n) is 7.22. The zero-order chi connectivity index (χ0) is 20.4. The van der Waals surface area contributed by atoms with E-state index in [1.165, 1.54) is 0 Å². The number of amides is 2. The Labute approximate surface area is 169 Å². The van der Waals surface area contributed by atoms with Crippen LogP contribution in [-0.4, -0.2) is 26.6 Å². The second-order valence-corrected chi connectivity index (χ2v) is 7.22. The predicted octanol–water partition coefficient (Wildman–Crippen LogP) is 3.99. The van der Waals surface area contributed by atoms with E-state index in [0.717, 1.165) is 24.1 Å². The van der Waals surface area contributed by atoms with Crippen molar-refractivity contribution >= 4 is 23.2 Å². The fourth-order valence-corrected chi connectivity index (χ4v) is 3.17. The molecule has 7 heteroatoms. The maximum absolute atomic E-state index is 12.8. The molecule has 29 heavy (non-hydrogen) atoms. The lowest BCUT2D eigenvalue weighted by Crippen LogP contribution is -2.18. The van der Waals surface area contributed by atoms with Crippen LogP contribution in [0.25, 0.3) is 0 Å². The summed E-state index contributed by atoms with van der Waals surface area (Å²) in [5.41, 5.74) is 4.23. The molecule has 0 atom stereocenters. The van der Waals surface area contributed by atoms with Gasteiger partial charge in [0, 0.05) is 41.8 Å². The molecule has 1 fully saturated rings. The molecule has 2 amide bonds. The van der Waals surface area contributed by atoms with Crippen molar-refractivity contribution in [3.8, 4) is 0 Å². The van der Waals surface area contributed by atoms with E-state index < -0.39 is 0 Å². The molecule has 0 spiro atoms. The quantitative estimate of drug-likeness (QED) is 0.667. The lowest BCUT2D eigenvalue weighted by molar-refractivity contribution is 0.101. The van der Waals surface area contributed by atoms with Crippen LogP contribution in [0.2, 0.25) is 0 Å². The summed E-state index contributed by atoms with van der Waals surface area (Å²) in [5.74, 6) is 0.0577. The molecule has 3 aromatic rings. The van der Waals surface area contributed by atoms with Gasteiger partial charge in [-0.05, 0) is 62.6 Å². The molecule has 4 rings (SSSR count). The fraction of sp³-hybridized carbons (Fsp3) is 0.273. The van der Waals surface area contributed by atoms with Crippen molar-refractivity contribution < 1.29 is 9.59 Å². The molecule has 2 heterocycles. The summed E-state index contributed by atoms with van der Waals surface area (Å²) in [6.07, 6.45) is 5.43. The molecule has 0 unspecified atom stereocenters. The lowest BCUT2D eigenvalue weighted by atomic mass is 10.1. The number of pyridine rings is 1. The number of nitrogens with one attached hydrogen (secondary N) is 2. The Morgan fingerprint density at radius 3 is 2.52 bits per heavy atom. The van der Waals surface area contributed by atoms with Crippen molar-refractivity contribution in [1.82, 2.24) is 14.8 Å². The maximum atomic E-state index is 12.8. The summed E-state index contributed by atoms with van der Waals surface area (Å²) in [6.45, 7) is 4.51. The summed E-state index contributed by atoms with van der Waals surface area (Å²) in [5, 5.41) is 10.4. The lowest BCUT2D eigenvalue weighted by Gasteiger charge is -2.12. The van der Waals surface area contributed by atoms with Gasteiger partial charge in [-0.2, -0.15) is 5.10 Å². The Hall–Kier alpha value is -3.48. The molecule has 0 saturated heterocycles. The summed E-state index contributed by atoms with van der Waals surface area (Å²) in [4.78, 5) is 29.2. The molecule has 1 aliphatic rings. The number of benzene rings is 1. The molecule has 148 valence electrons. The molecule has 2 aromatic heterocycles. The van der Waals surface area contributed by atoms with Gasteiger partial charge in [0.25, 0.3) is 11.8 Å². The highest BCUT2D eigenvalue weighted by molar-refractivity contribution is 6.06. The van der Waals surface area contributed by atoms with Crippen molar-refractivity contribution in [3.63, 3.8) is 0 Å². The van der Waals surface area contributed by atoms with E-state index in [4.69, 9.17) is 0 Å². The topological polar surface area (TPSA) is 88.9 Å². The van der Waals surface area contributed by atoms with Crippen LogP contribution in [0.3, 0.4) is 0 Å². The summed E-state index contributed by atoms with van der Waals surface area (Å²) < 4.78 is 1.74. The Kier molecular flexibility index (Phi) is 5.12. The number of aromatic nitrogens is 3. The summed E-state index contributed by atoms with van der Waals surface area (Å²) >= 11 is 0. The van der Waals surface area contributed by atoms with E-state index in [-0.39, 0.29) is 11.8 Å². The minimum atomic E-state index is -0.225. The first kappa shape index (κ1) is 18.9. The largest absolute Gasteiger partial charge is 0.322 e. The fourth-order valence-electron chi connectivity index (χ4n) is 3.17. The zero-order valence-corrected chi connectivity index (χ0v) is 16.5. The molecule has 1 aromatic carbocycles. The van der Waals surface area contributed by atoms with Crippen LogP contribution in [0.4, 0.5) is 11.4 Å². The number of aryl methyl sites for hydroxylation is 2. The van der Waals surface area contributed by atoms with Gasteiger partial charge >= 0.3 is 0 Å². The second kappa shape index (κ2) is 7.87. The van der Waals surface area contributed by atoms with Gasteiger partial charge in [-0.3, -0.25) is 19.3 Å². The van der Waals surface area contributed by atoms with Crippen molar-refractivity contribution in [1.29, 1.82) is 0 Å². The monoisotopic (exact) mass is 389 g/mol. The van der Waals surface area contributed by atoms with Crippen LogP contribution in [0.5, 0.6) is 0 Å². The first-order valence-electron chi connectivity index (χ1n) is 9.76. The minimum absolute atomic E-state index is 0.207. The molecule has 1 saturated carbocycles. The van der Waals surface area contributed by atoms with Gasteiger partial charge < -0.3 is 10.6 Å². The average Bonchev–Trinajstić information content (AvgIpc) is 3.49. The van der Waals surface area contributed by atoms with Gasteiger partial charge in [0.05, 0.1) is 5.69 Å². The normalized spacial score (nSPS) is 13.2.